The van der Waals surface area contributed by atoms with Gasteiger partial charge in [0.05, 0.1) is 5.75 Å². The Kier molecular flexibility index (Phi) is 3.29. The second-order valence-electron chi connectivity index (χ2n) is 3.33. The van der Waals surface area contributed by atoms with Gasteiger partial charge in [0.25, 0.3) is 0 Å². The van der Waals surface area contributed by atoms with Gasteiger partial charge < -0.3 is 17.2 Å². The van der Waals surface area contributed by atoms with Crippen LogP contribution in [0, 0.1) is 0 Å². The van der Waals surface area contributed by atoms with Crippen molar-refractivity contribution in [2.24, 2.45) is 0 Å². The molecule has 0 saturated carbocycles. The van der Waals surface area contributed by atoms with Crippen LogP contribution >= 0.6 is 11.8 Å². The summed E-state index contributed by atoms with van der Waals surface area (Å²) in [4.78, 5) is 12.7. The van der Waals surface area contributed by atoms with Crippen LogP contribution in [0.3, 0.4) is 0 Å². The van der Waals surface area contributed by atoms with E-state index in [-0.39, 0.29) is 11.9 Å². The van der Waals surface area contributed by atoms with Crippen LogP contribution in [-0.2, 0) is 5.75 Å². The van der Waals surface area contributed by atoms with Crippen LogP contribution in [0.15, 0.2) is 29.2 Å². The number of nitrogens with two attached hydrogens (primary N) is 3. The minimum absolute atomic E-state index is 0.140. The molecule has 7 heteroatoms. The molecule has 0 amide bonds. The molecule has 0 aliphatic heterocycles. The Morgan fingerprint density at radius 3 is 2.35 bits per heavy atom. The first kappa shape index (κ1) is 11.5. The predicted molar refractivity (Wildman–Crippen MR) is 69.1 cm³/mol. The maximum absolute atomic E-state index is 5.68. The predicted octanol–water partition coefficient (Wildman–Crippen LogP) is 0.910. The third kappa shape index (κ3) is 3.22. The van der Waals surface area contributed by atoms with Gasteiger partial charge in [-0.15, -0.1) is 11.8 Å². The summed E-state index contributed by atoms with van der Waals surface area (Å²) in [5.74, 6) is 1.41. The van der Waals surface area contributed by atoms with Crippen LogP contribution in [0.1, 0.15) is 5.82 Å². The molecule has 6 nitrogen and oxygen atoms in total. The van der Waals surface area contributed by atoms with Crippen molar-refractivity contribution in [1.82, 2.24) is 15.0 Å². The van der Waals surface area contributed by atoms with Gasteiger partial charge in [0, 0.05) is 10.6 Å². The van der Waals surface area contributed by atoms with Crippen LogP contribution in [0.4, 0.5) is 17.6 Å². The third-order valence-electron chi connectivity index (χ3n) is 1.94. The summed E-state index contributed by atoms with van der Waals surface area (Å²) < 4.78 is 0. The van der Waals surface area contributed by atoms with Crippen LogP contribution in [-0.4, -0.2) is 15.0 Å². The van der Waals surface area contributed by atoms with Gasteiger partial charge in [-0.3, -0.25) is 0 Å². The highest BCUT2D eigenvalue weighted by atomic mass is 32.2. The molecular formula is C10H12N6S. The van der Waals surface area contributed by atoms with E-state index in [2.05, 4.69) is 15.0 Å². The second-order valence-corrected chi connectivity index (χ2v) is 4.38. The third-order valence-corrected chi connectivity index (χ3v) is 2.93. The molecule has 0 saturated heterocycles. The molecule has 0 spiro atoms. The zero-order valence-electron chi connectivity index (χ0n) is 9.00. The molecule has 0 radical (unpaired) electrons. The molecule has 2 aromatic rings. The Bertz CT molecular complexity index is 510. The molecule has 0 aliphatic carbocycles. The van der Waals surface area contributed by atoms with E-state index in [0.717, 1.165) is 10.6 Å². The second kappa shape index (κ2) is 4.88. The van der Waals surface area contributed by atoms with Crippen molar-refractivity contribution in [3.8, 4) is 0 Å². The first-order chi connectivity index (χ1) is 8.13. The molecule has 0 unspecified atom stereocenters. The number of hydrogen-bond acceptors (Lipinski definition) is 7. The Hall–Kier alpha value is -2.02. The van der Waals surface area contributed by atoms with Gasteiger partial charge in [0.15, 0.2) is 0 Å². The zero-order valence-corrected chi connectivity index (χ0v) is 9.81. The lowest BCUT2D eigenvalue weighted by Gasteiger charge is -2.03. The molecule has 1 aromatic heterocycles. The lowest BCUT2D eigenvalue weighted by Crippen LogP contribution is -2.05. The van der Waals surface area contributed by atoms with E-state index in [0.29, 0.717) is 11.6 Å². The maximum Gasteiger partial charge on any atom is 0.225 e. The summed E-state index contributed by atoms with van der Waals surface area (Å²) in [6, 6.07) is 7.59. The Balaban J connectivity index is 2.07. The molecule has 17 heavy (non-hydrogen) atoms. The topological polar surface area (TPSA) is 117 Å². The van der Waals surface area contributed by atoms with Gasteiger partial charge in [-0.05, 0) is 18.2 Å². The molecule has 1 aromatic carbocycles. The largest absolute Gasteiger partial charge is 0.399 e. The lowest BCUT2D eigenvalue weighted by atomic mass is 10.3. The number of benzene rings is 1. The molecule has 2 rings (SSSR count). The summed E-state index contributed by atoms with van der Waals surface area (Å²) in [6.07, 6.45) is 0. The van der Waals surface area contributed by atoms with Crippen molar-refractivity contribution in [3.63, 3.8) is 0 Å². The van der Waals surface area contributed by atoms with E-state index < -0.39 is 0 Å². The van der Waals surface area contributed by atoms with Crippen LogP contribution in [0.5, 0.6) is 0 Å². The van der Waals surface area contributed by atoms with E-state index in [1.807, 2.05) is 24.3 Å². The Morgan fingerprint density at radius 1 is 1.00 bits per heavy atom. The maximum atomic E-state index is 5.68. The monoisotopic (exact) mass is 248 g/mol. The van der Waals surface area contributed by atoms with Crippen molar-refractivity contribution in [2.75, 3.05) is 17.2 Å². The average molecular weight is 248 g/mol. The fraction of sp³-hybridized carbons (Fsp3) is 0.100. The smallest absolute Gasteiger partial charge is 0.225 e. The van der Waals surface area contributed by atoms with E-state index in [4.69, 9.17) is 17.2 Å². The van der Waals surface area contributed by atoms with Gasteiger partial charge in [-0.25, -0.2) is 0 Å². The summed E-state index contributed by atoms with van der Waals surface area (Å²) in [6.45, 7) is 0. The first-order valence-corrected chi connectivity index (χ1v) is 5.86. The number of thioether (sulfide) groups is 1. The number of aromatic nitrogens is 3. The van der Waals surface area contributed by atoms with Crippen molar-refractivity contribution in [2.45, 2.75) is 10.6 Å². The highest BCUT2D eigenvalue weighted by Crippen LogP contribution is 2.23. The van der Waals surface area contributed by atoms with E-state index in [9.17, 15) is 0 Å². The van der Waals surface area contributed by atoms with Crippen molar-refractivity contribution in [3.05, 3.63) is 30.1 Å². The van der Waals surface area contributed by atoms with Crippen LogP contribution < -0.4 is 17.2 Å². The Morgan fingerprint density at radius 2 is 1.71 bits per heavy atom. The molecule has 0 fully saturated rings. The van der Waals surface area contributed by atoms with Gasteiger partial charge in [0.2, 0.25) is 11.9 Å². The van der Waals surface area contributed by atoms with E-state index in [1.54, 1.807) is 11.8 Å². The Labute approximate surface area is 103 Å². The highest BCUT2D eigenvalue weighted by Gasteiger charge is 2.03. The first-order valence-electron chi connectivity index (χ1n) is 4.88. The molecule has 0 aliphatic rings. The van der Waals surface area contributed by atoms with Crippen molar-refractivity contribution >= 4 is 29.3 Å². The zero-order chi connectivity index (χ0) is 12.3. The van der Waals surface area contributed by atoms with E-state index in [1.165, 1.54) is 0 Å². The summed E-state index contributed by atoms with van der Waals surface area (Å²) in [5, 5.41) is 0. The van der Waals surface area contributed by atoms with Crippen LogP contribution in [0.2, 0.25) is 0 Å². The molecule has 0 bridgehead atoms. The fourth-order valence-corrected chi connectivity index (χ4v) is 2.09. The summed E-state index contributed by atoms with van der Waals surface area (Å²) in [7, 11) is 0. The number of nitrogens with zero attached hydrogens (tertiary/aromatic N) is 3. The average Bonchev–Trinajstić information content (AvgIpc) is 2.25. The quantitative estimate of drug-likeness (QED) is 0.546. The van der Waals surface area contributed by atoms with Gasteiger partial charge in [0.1, 0.15) is 5.82 Å². The minimum atomic E-state index is 0.140. The van der Waals surface area contributed by atoms with Crippen molar-refractivity contribution in [1.29, 1.82) is 0 Å². The van der Waals surface area contributed by atoms with Crippen molar-refractivity contribution < 1.29 is 0 Å². The standard InChI is InChI=1S/C10H12N6S/c11-6-2-1-3-7(4-6)17-5-8-14-9(12)16-10(13)15-8/h1-4H,5,11H2,(H4,12,13,14,15,16). The van der Waals surface area contributed by atoms with E-state index >= 15 is 0 Å². The molecular weight excluding hydrogens is 236 g/mol. The molecule has 6 N–H and O–H groups in total. The normalized spacial score (nSPS) is 10.4. The number of hydrogen-bond donors (Lipinski definition) is 3. The van der Waals surface area contributed by atoms with Crippen LogP contribution in [0.25, 0.3) is 0 Å². The minimum Gasteiger partial charge on any atom is -0.399 e. The highest BCUT2D eigenvalue weighted by molar-refractivity contribution is 7.98. The van der Waals surface area contributed by atoms with Gasteiger partial charge in [-0.2, -0.15) is 15.0 Å². The van der Waals surface area contributed by atoms with Gasteiger partial charge >= 0.3 is 0 Å². The number of anilines is 3. The summed E-state index contributed by atoms with van der Waals surface area (Å²) in [5.41, 5.74) is 17.4. The molecule has 1 heterocycles. The fourth-order valence-electron chi connectivity index (χ4n) is 1.27. The molecule has 88 valence electrons. The number of rotatable bonds is 3. The SMILES string of the molecule is Nc1cccc(SCc2nc(N)nc(N)n2)c1. The summed E-state index contributed by atoms with van der Waals surface area (Å²) >= 11 is 1.56. The lowest BCUT2D eigenvalue weighted by molar-refractivity contribution is 0.988. The van der Waals surface area contributed by atoms with Gasteiger partial charge in [-0.1, -0.05) is 6.07 Å². The number of nitrogen functional groups attached to an aromatic ring is 3. The molecule has 0 atom stereocenters.